The van der Waals surface area contributed by atoms with E-state index in [1.807, 2.05) is 9.97 Å². The summed E-state index contributed by atoms with van der Waals surface area (Å²) in [5, 5.41) is 75.6. The van der Waals surface area contributed by atoms with E-state index in [0.717, 1.165) is 64.6 Å². The smallest absolute Gasteiger partial charge is 0.390 e. The summed E-state index contributed by atoms with van der Waals surface area (Å²) in [6, 6.07) is 2.88. The quantitative estimate of drug-likeness (QED) is 0.0174. The minimum absolute atomic E-state index is 0.0585. The molecule has 6 fully saturated rings. The van der Waals surface area contributed by atoms with Crippen LogP contribution in [0.1, 0.15) is 61.3 Å². The third kappa shape index (κ3) is 19.0. The monoisotopic (exact) mass is 1890 g/mol. The minimum Gasteiger partial charge on any atom is -0.390 e. The number of aliphatic hydroxyl groups excluding tert-OH is 5. The number of phosphoric ester groups is 4. The van der Waals surface area contributed by atoms with Gasteiger partial charge in [-0.1, -0.05) is 0 Å². The van der Waals surface area contributed by atoms with Crippen molar-refractivity contribution in [2.45, 2.75) is 160 Å². The van der Waals surface area contributed by atoms with Crippen molar-refractivity contribution in [3.8, 4) is 0 Å². The number of aromatic nitrogens is 14. The number of nitrogen functional groups attached to an aromatic ring is 4. The number of aryl methyl sites for hydroxylation is 2. The van der Waals surface area contributed by atoms with Crippen LogP contribution in [-0.4, -0.2) is 273 Å². The SMILES string of the molecule is Cc1cn([C@H]2C[C@H](O)[C@@H](COP(=O)(O)O[C@H]3[C@@H](O)[C@H](n4ccc(N)nc4=O)O[C@@H]3COP(=O)(O)O[C@H]3[C@@H](O)[C@H](n4cnc5c(=O)[nH]c(N)nc54)O[C@@H]3COP(=O)(O)OC3[C@@H](O)[C@H](n4ccc(N)nc4=O)O[C@@H]3COP(=O)(O)[C@@]3(O)C(COP(=O)(O)[C@]4(O)C[C@H](n5cc(C)c(=O)[nH]c5=O)O[C@@H]4COP(=O)(O)O)O[C@@H](n4ccc(N)nc4=O)[C@@H]3O)O2)c(=O)[nH]c1=O. The summed E-state index contributed by atoms with van der Waals surface area (Å²) < 4.78 is 169. The maximum atomic E-state index is 15.1. The molecule has 7 aromatic heterocycles. The van der Waals surface area contributed by atoms with Gasteiger partial charge in [0.1, 0.15) is 109 Å². The van der Waals surface area contributed by atoms with Gasteiger partial charge in [-0.2, -0.15) is 19.9 Å². The fourth-order valence-electron chi connectivity index (χ4n) is 13.9. The largest absolute Gasteiger partial charge is 0.472 e. The molecule has 67 heteroatoms. The Balaban J connectivity index is 0.754. The molecular formula is C57H76N18O43P6. The summed E-state index contributed by atoms with van der Waals surface area (Å²) >= 11 is 0. The molecule has 7 unspecified atom stereocenters. The number of hydrogen-bond donors (Lipinski definition) is 21. The van der Waals surface area contributed by atoms with Crippen LogP contribution in [-0.2, 0) is 96.5 Å². The second-order valence-corrected chi connectivity index (χ2v) is 37.8. The zero-order valence-corrected chi connectivity index (χ0v) is 68.3. The van der Waals surface area contributed by atoms with Crippen molar-refractivity contribution in [2.75, 3.05) is 62.6 Å². The first-order valence-electron chi connectivity index (χ1n) is 35.6. The van der Waals surface area contributed by atoms with Crippen LogP contribution in [0, 0.1) is 13.8 Å². The molecule has 0 saturated carbocycles. The number of nitrogens with zero attached hydrogens (tertiary/aromatic N) is 11. The molecule has 13 heterocycles. The van der Waals surface area contributed by atoms with E-state index in [2.05, 4.69) is 34.4 Å². The lowest BCUT2D eigenvalue weighted by molar-refractivity contribution is -0.0771. The van der Waals surface area contributed by atoms with Crippen molar-refractivity contribution < 1.29 is 167 Å². The number of rotatable bonds is 32. The van der Waals surface area contributed by atoms with Crippen molar-refractivity contribution in [1.82, 2.24) is 67.3 Å². The standard InChI is InChI=1S/C57H76N18O43P6/c1-20-11-73(54(87)68-43(20)81)32-9-22(76)23(110-32)13-107-122(98,99)117-39-25(112-47(36(39)78)71-7-4-30(59)64-52(71)85)15-108-124(102,103)118-40-26(113-48(37(40)79)75-19-62-34-42(75)66-50(61)67-45(34)83)16-109-123(100,101)116-38-24(111-46(35(38)77)70-6-3-29(58)63-51(70)84)14-104-120(93,94)57(90)28(115-49(41(57)80)72-8-5-31(60)65-53(72)86)18-105-119(91,92)56(89)10-33(114-27(56)17-106-121(95,96)97)74-12-21(2)44(82)69-55(74)88/h3-8,11-12,19,22-28,32-33,35-41,46-49,76-80,89-90H,9-10,13-18H2,1-2H3,(H,91,92)(H,93,94)(H,98,99)(H,100,101)(H,102,103)(H2,58,63,84)(H2,59,64,85)(H2,60,65,86)(H,68,81,87)(H,69,82,88)(H2,95,96,97)(H3,61,66,67,83)/t22-,23+,24+,25+,26+,27+,28?,32+,33+,35+,36+,37+,38?,39+,40+,41-,46+,47+,48+,49+,56+,57-/m0/s1. The molecule has 61 nitrogen and oxygen atoms in total. The predicted molar refractivity (Wildman–Crippen MR) is 398 cm³/mol. The molecule has 13 rings (SSSR count). The van der Waals surface area contributed by atoms with Crippen LogP contribution in [0.4, 0.5) is 23.4 Å². The fourth-order valence-corrected chi connectivity index (χ4v) is 20.1. The van der Waals surface area contributed by atoms with Crippen molar-refractivity contribution >= 4 is 81.0 Å². The maximum absolute atomic E-state index is 15.1. The topological polar surface area (TPSA) is 906 Å². The van der Waals surface area contributed by atoms with Crippen molar-refractivity contribution in [2.24, 2.45) is 0 Å². The Bertz CT molecular complexity index is 6060. The number of anilines is 4. The van der Waals surface area contributed by atoms with Crippen LogP contribution in [0.2, 0.25) is 0 Å². The van der Waals surface area contributed by atoms with Crippen molar-refractivity contribution in [1.29, 1.82) is 0 Å². The Kier molecular flexibility index (Phi) is 26.4. The number of hydrogen-bond acceptors (Lipinski definition) is 45. The highest BCUT2D eigenvalue weighted by Crippen LogP contribution is 2.67. The van der Waals surface area contributed by atoms with Gasteiger partial charge in [-0.15, -0.1) is 0 Å². The number of nitrogens with two attached hydrogens (primary N) is 4. The van der Waals surface area contributed by atoms with Gasteiger partial charge >= 0.3 is 74.9 Å². The predicted octanol–water partition coefficient (Wildman–Crippen LogP) is -8.70. The van der Waals surface area contributed by atoms with Crippen LogP contribution in [0.25, 0.3) is 11.2 Å². The van der Waals surface area contributed by atoms with E-state index < -0.39 is 300 Å². The number of aliphatic hydroxyl groups is 7. The number of fused-ring (bicyclic) bond motifs is 1. The van der Waals surface area contributed by atoms with Crippen LogP contribution in [0.15, 0.2) is 93.9 Å². The molecular weight excluding hydrogens is 1810 g/mol. The van der Waals surface area contributed by atoms with Crippen LogP contribution in [0.5, 0.6) is 0 Å². The highest BCUT2D eigenvalue weighted by atomic mass is 31.2. The molecule has 6 aliphatic heterocycles. The number of imidazole rings is 1. The molecule has 0 radical (unpaired) electrons. The average molecular weight is 1890 g/mol. The molecule has 124 heavy (non-hydrogen) atoms. The maximum Gasteiger partial charge on any atom is 0.472 e. The van der Waals surface area contributed by atoms with E-state index in [1.54, 1.807) is 0 Å². The molecule has 6 saturated heterocycles. The molecule has 0 amide bonds. The van der Waals surface area contributed by atoms with E-state index in [-0.39, 0.29) is 23.4 Å². The van der Waals surface area contributed by atoms with Gasteiger partial charge in [0.2, 0.25) is 11.3 Å². The molecule has 682 valence electrons. The van der Waals surface area contributed by atoms with Crippen LogP contribution < -0.4 is 68.1 Å². The summed E-state index contributed by atoms with van der Waals surface area (Å²) in [7, 11) is -36.1. The Morgan fingerprint density at radius 3 is 1.33 bits per heavy atom. The van der Waals surface area contributed by atoms with Gasteiger partial charge in [-0.3, -0.25) is 97.5 Å². The molecule has 25 N–H and O–H groups in total. The molecule has 6 aliphatic rings. The fraction of sp³-hybridized carbons (Fsp3) is 0.561. The summed E-state index contributed by atoms with van der Waals surface area (Å²) in [6.45, 7) is -6.43. The first kappa shape index (κ1) is 93.4. The Morgan fingerprint density at radius 2 is 0.879 bits per heavy atom. The highest BCUT2D eigenvalue weighted by Gasteiger charge is 2.70. The Labute approximate surface area is 685 Å². The van der Waals surface area contributed by atoms with Gasteiger partial charge < -0.3 is 130 Å². The van der Waals surface area contributed by atoms with Gasteiger partial charge in [0, 0.05) is 55.0 Å². The average Bonchev–Trinajstić information content (AvgIpc) is 1.56. The van der Waals surface area contributed by atoms with Gasteiger partial charge in [0.15, 0.2) is 41.4 Å². The second kappa shape index (κ2) is 35.1. The van der Waals surface area contributed by atoms with Gasteiger partial charge in [-0.25, -0.2) is 47.2 Å². The summed E-state index contributed by atoms with van der Waals surface area (Å²) in [5.41, 5.74) is 12.8. The molecule has 0 spiro atoms. The van der Waals surface area contributed by atoms with Gasteiger partial charge in [-0.05, 0) is 32.0 Å². The Morgan fingerprint density at radius 1 is 0.468 bits per heavy atom. The van der Waals surface area contributed by atoms with Gasteiger partial charge in [0.05, 0.1) is 52.1 Å². The molecule has 0 aliphatic carbocycles. The van der Waals surface area contributed by atoms with E-state index in [0.29, 0.717) is 18.3 Å². The van der Waals surface area contributed by atoms with Gasteiger partial charge in [0.25, 0.3) is 16.7 Å². The summed E-state index contributed by atoms with van der Waals surface area (Å²) in [6.07, 6.45) is -41.0. The highest BCUT2D eigenvalue weighted by molar-refractivity contribution is 7.55. The summed E-state index contributed by atoms with van der Waals surface area (Å²) in [5.74, 6) is -1.86. The van der Waals surface area contributed by atoms with E-state index >= 15 is 4.57 Å². The minimum atomic E-state index is -6.51. The summed E-state index contributed by atoms with van der Waals surface area (Å²) in [4.78, 5) is 204. The first-order chi connectivity index (χ1) is 57.8. The molecule has 27 atom stereocenters. The first-order valence-corrected chi connectivity index (χ1v) is 44.8. The second-order valence-electron chi connectivity index (χ2n) is 28.3. The Hall–Kier alpha value is -8.23. The van der Waals surface area contributed by atoms with Crippen LogP contribution in [0.3, 0.4) is 0 Å². The van der Waals surface area contributed by atoms with Crippen molar-refractivity contribution in [3.63, 3.8) is 0 Å². The lowest BCUT2D eigenvalue weighted by Gasteiger charge is -2.36. The third-order valence-corrected chi connectivity index (χ3v) is 27.4. The molecule has 0 aromatic carbocycles. The lowest BCUT2D eigenvalue weighted by atomic mass is 10.1. The zero-order chi connectivity index (χ0) is 90.5. The number of nitrogens with one attached hydrogen (secondary N) is 3. The number of aromatic amines is 3. The van der Waals surface area contributed by atoms with Crippen molar-refractivity contribution in [3.05, 3.63) is 150 Å². The number of H-pyrrole nitrogens is 3. The normalized spacial score (nSPS) is 32.7. The van der Waals surface area contributed by atoms with E-state index in [9.17, 15) is 131 Å². The number of ether oxygens (including phenoxy) is 6. The molecule has 7 aromatic rings. The van der Waals surface area contributed by atoms with E-state index in [4.69, 9.17) is 87.5 Å². The lowest BCUT2D eigenvalue weighted by Crippen LogP contribution is -2.50. The van der Waals surface area contributed by atoms with E-state index in [1.165, 1.54) is 13.8 Å². The van der Waals surface area contributed by atoms with Crippen LogP contribution >= 0.6 is 46.5 Å². The zero-order valence-electron chi connectivity index (χ0n) is 62.9. The molecule has 0 bridgehead atoms. The number of phosphoric acid groups is 4. The third-order valence-electron chi connectivity index (χ3n) is 20.1.